The highest BCUT2D eigenvalue weighted by molar-refractivity contribution is 7.86. The summed E-state index contributed by atoms with van der Waals surface area (Å²) in [4.78, 5) is 16.8. The highest BCUT2D eigenvalue weighted by Crippen LogP contribution is 2.30. The molecule has 1 fully saturated rings. The molecule has 14 heteroatoms. The van der Waals surface area contributed by atoms with Gasteiger partial charge in [0.05, 0.1) is 25.4 Å². The van der Waals surface area contributed by atoms with Crippen molar-refractivity contribution in [3.8, 4) is 5.75 Å². The summed E-state index contributed by atoms with van der Waals surface area (Å²) < 4.78 is 89.5. The maximum Gasteiger partial charge on any atom is 0.416 e. The summed E-state index contributed by atoms with van der Waals surface area (Å²) in [6, 6.07) is 11.4. The predicted octanol–water partition coefficient (Wildman–Crippen LogP) is 3.26. The molecule has 0 amide bonds. The van der Waals surface area contributed by atoms with Crippen LogP contribution >= 0.6 is 0 Å². The summed E-state index contributed by atoms with van der Waals surface area (Å²) in [6.45, 7) is 4.17. The zero-order chi connectivity index (χ0) is 29.7. The molecule has 10 nitrogen and oxygen atoms in total. The highest BCUT2D eigenvalue weighted by Gasteiger charge is 2.35. The zero-order valence-electron chi connectivity index (χ0n) is 22.7. The zero-order valence-corrected chi connectivity index (χ0v) is 23.5. The van der Waals surface area contributed by atoms with E-state index in [4.69, 9.17) is 18.9 Å². The van der Waals surface area contributed by atoms with E-state index in [2.05, 4.69) is 4.99 Å². The van der Waals surface area contributed by atoms with E-state index in [-0.39, 0.29) is 58.6 Å². The Kier molecular flexibility index (Phi) is 9.57. The second-order valence-electron chi connectivity index (χ2n) is 9.81. The molecule has 2 heterocycles. The molecule has 2 aromatic rings. The molecule has 2 aliphatic rings. The van der Waals surface area contributed by atoms with Gasteiger partial charge in [0.15, 0.2) is 0 Å². The van der Waals surface area contributed by atoms with E-state index >= 15 is 0 Å². The van der Waals surface area contributed by atoms with Gasteiger partial charge < -0.3 is 18.9 Å². The van der Waals surface area contributed by atoms with Crippen molar-refractivity contribution in [2.45, 2.75) is 32.1 Å². The molecule has 0 spiro atoms. The summed E-state index contributed by atoms with van der Waals surface area (Å²) in [7, 11) is -3.98. The smallest absolute Gasteiger partial charge is 0.416 e. The molecule has 224 valence electrons. The molecule has 2 aromatic carbocycles. The maximum atomic E-state index is 13.3. The fraction of sp³-hybridized carbons (Fsp3) is 0.481. The van der Waals surface area contributed by atoms with E-state index < -0.39 is 40.0 Å². The van der Waals surface area contributed by atoms with Crippen LogP contribution in [0.3, 0.4) is 0 Å². The van der Waals surface area contributed by atoms with Crippen molar-refractivity contribution in [1.82, 2.24) is 8.61 Å². The summed E-state index contributed by atoms with van der Waals surface area (Å²) in [6.07, 6.45) is -4.43. The van der Waals surface area contributed by atoms with Gasteiger partial charge in [-0.05, 0) is 55.8 Å². The van der Waals surface area contributed by atoms with Crippen LogP contribution in [0.25, 0.3) is 0 Å². The van der Waals surface area contributed by atoms with Gasteiger partial charge in [0.25, 0.3) is 10.2 Å². The van der Waals surface area contributed by atoms with Crippen LogP contribution in [-0.4, -0.2) is 87.1 Å². The second-order valence-corrected chi connectivity index (χ2v) is 11.7. The van der Waals surface area contributed by atoms with Gasteiger partial charge in [-0.3, -0.25) is 4.79 Å². The first-order valence-corrected chi connectivity index (χ1v) is 14.4. The van der Waals surface area contributed by atoms with Crippen LogP contribution in [0.4, 0.5) is 13.2 Å². The van der Waals surface area contributed by atoms with E-state index in [0.29, 0.717) is 16.9 Å². The monoisotopic (exact) mass is 599 g/mol. The number of carbonyl (C=O) groups excluding carboxylic acids is 1. The molecule has 41 heavy (non-hydrogen) atoms. The van der Waals surface area contributed by atoms with Gasteiger partial charge in [-0.15, -0.1) is 0 Å². The lowest BCUT2D eigenvalue weighted by atomic mass is 10.1. The SMILES string of the molecule is CCOC(=O)CN(Cc1cccc(OCC2(C)COC(c3ccc(C(F)(F)F)cc3)=N2)c1)S(=O)(=O)N1CCOCC1. The first-order chi connectivity index (χ1) is 19.4. The number of ether oxygens (including phenoxy) is 4. The Morgan fingerprint density at radius 3 is 2.51 bits per heavy atom. The number of hydrogen-bond acceptors (Lipinski definition) is 8. The Morgan fingerprint density at radius 1 is 1.15 bits per heavy atom. The van der Waals surface area contributed by atoms with Crippen LogP contribution in [0.2, 0.25) is 0 Å². The Bertz CT molecular complexity index is 1350. The molecule has 1 saturated heterocycles. The standard InChI is InChI=1S/C27H32F3N3O7S/c1-3-38-24(34)17-33(41(35,36)32-11-13-37-14-12-32)16-20-5-4-6-23(15-20)39-18-26(2)19-40-25(31-26)21-7-9-22(10-8-21)27(28,29)30/h4-10,15H,3,11-14,16-19H2,1-2H3. The topological polar surface area (TPSA) is 107 Å². The normalized spacial score (nSPS) is 20.0. The van der Waals surface area contributed by atoms with Gasteiger partial charge in [-0.2, -0.15) is 30.2 Å². The number of aliphatic imine (C=N–C) groups is 1. The average molecular weight is 600 g/mol. The molecular formula is C27H32F3N3O7S. The fourth-order valence-electron chi connectivity index (χ4n) is 4.24. The van der Waals surface area contributed by atoms with Crippen LogP contribution in [-0.2, 0) is 41.9 Å². The molecule has 0 N–H and O–H groups in total. The molecule has 1 unspecified atom stereocenters. The molecule has 4 rings (SSSR count). The largest absolute Gasteiger partial charge is 0.491 e. The Hall–Kier alpha value is -3.20. The lowest BCUT2D eigenvalue weighted by molar-refractivity contribution is -0.143. The summed E-state index contributed by atoms with van der Waals surface area (Å²) in [5.74, 6) is 0.0101. The van der Waals surface area contributed by atoms with E-state index in [1.807, 2.05) is 0 Å². The number of rotatable bonds is 11. The van der Waals surface area contributed by atoms with Crippen molar-refractivity contribution >= 4 is 22.1 Å². The average Bonchev–Trinajstić information content (AvgIpc) is 3.34. The van der Waals surface area contributed by atoms with Gasteiger partial charge in [0.2, 0.25) is 5.90 Å². The van der Waals surface area contributed by atoms with Gasteiger partial charge >= 0.3 is 12.1 Å². The van der Waals surface area contributed by atoms with Crippen LogP contribution in [0.5, 0.6) is 5.75 Å². The highest BCUT2D eigenvalue weighted by atomic mass is 32.2. The lowest BCUT2D eigenvalue weighted by Crippen LogP contribution is -2.49. The Labute approximate surface area is 236 Å². The third kappa shape index (κ3) is 7.97. The molecule has 0 bridgehead atoms. The summed E-state index contributed by atoms with van der Waals surface area (Å²) in [5.41, 5.74) is -0.550. The number of nitrogens with zero attached hydrogens (tertiary/aromatic N) is 3. The third-order valence-corrected chi connectivity index (χ3v) is 8.32. The number of morpholine rings is 1. The van der Waals surface area contributed by atoms with Crippen molar-refractivity contribution in [2.75, 3.05) is 52.7 Å². The molecule has 2 aliphatic heterocycles. The number of benzene rings is 2. The Balaban J connectivity index is 1.44. The van der Waals surface area contributed by atoms with Crippen LogP contribution in [0, 0.1) is 0 Å². The van der Waals surface area contributed by atoms with Crippen LogP contribution in [0.15, 0.2) is 53.5 Å². The fourth-order valence-corrected chi connectivity index (χ4v) is 5.76. The number of halogens is 3. The molecule has 0 aliphatic carbocycles. The van der Waals surface area contributed by atoms with Gasteiger partial charge in [0, 0.05) is 25.2 Å². The van der Waals surface area contributed by atoms with E-state index in [1.54, 1.807) is 38.1 Å². The summed E-state index contributed by atoms with van der Waals surface area (Å²) in [5, 5.41) is 0. The molecular weight excluding hydrogens is 567 g/mol. The van der Waals surface area contributed by atoms with Crippen LogP contribution in [0.1, 0.15) is 30.5 Å². The van der Waals surface area contributed by atoms with E-state index in [9.17, 15) is 26.4 Å². The van der Waals surface area contributed by atoms with Crippen molar-refractivity contribution in [2.24, 2.45) is 4.99 Å². The third-order valence-electron chi connectivity index (χ3n) is 6.39. The molecule has 0 aromatic heterocycles. The first kappa shape index (κ1) is 30.8. The second kappa shape index (κ2) is 12.8. The van der Waals surface area contributed by atoms with Gasteiger partial charge in [-0.25, -0.2) is 4.99 Å². The number of carbonyl (C=O) groups is 1. The minimum absolute atomic E-state index is 0.0910. The summed E-state index contributed by atoms with van der Waals surface area (Å²) >= 11 is 0. The quantitative estimate of drug-likeness (QED) is 0.365. The van der Waals surface area contributed by atoms with Crippen molar-refractivity contribution in [1.29, 1.82) is 0 Å². The van der Waals surface area contributed by atoms with E-state index in [0.717, 1.165) is 16.4 Å². The van der Waals surface area contributed by atoms with Crippen LogP contribution < -0.4 is 4.74 Å². The number of alkyl halides is 3. The van der Waals surface area contributed by atoms with Gasteiger partial charge in [-0.1, -0.05) is 12.1 Å². The minimum Gasteiger partial charge on any atom is -0.491 e. The first-order valence-electron chi connectivity index (χ1n) is 13.0. The van der Waals surface area contributed by atoms with Crippen molar-refractivity contribution in [3.05, 3.63) is 65.2 Å². The molecule has 0 saturated carbocycles. The van der Waals surface area contributed by atoms with E-state index in [1.165, 1.54) is 16.4 Å². The lowest BCUT2D eigenvalue weighted by Gasteiger charge is -2.31. The number of hydrogen-bond donors (Lipinski definition) is 0. The van der Waals surface area contributed by atoms with Crippen molar-refractivity contribution < 1.29 is 45.3 Å². The Morgan fingerprint density at radius 2 is 1.85 bits per heavy atom. The minimum atomic E-state index is -4.43. The van der Waals surface area contributed by atoms with Gasteiger partial charge in [0.1, 0.15) is 31.0 Å². The van der Waals surface area contributed by atoms with Crippen molar-refractivity contribution in [3.63, 3.8) is 0 Å². The molecule has 0 radical (unpaired) electrons. The maximum absolute atomic E-state index is 13.3. The predicted molar refractivity (Wildman–Crippen MR) is 143 cm³/mol. The number of esters is 1. The molecule has 1 atom stereocenters.